The SMILES string of the molecule is COc1ccc(C(C)=O)cc1CC(=O)Nc1c(-c2ccccc2)nc2ccc(C)cn12. The first-order valence-electron chi connectivity index (χ1n) is 9.98. The number of carbonyl (C=O) groups excluding carboxylic acids is 2. The van der Waals surface area contributed by atoms with Crippen molar-refractivity contribution >= 4 is 23.2 Å². The van der Waals surface area contributed by atoms with Crippen LogP contribution in [0, 0.1) is 6.92 Å². The topological polar surface area (TPSA) is 72.7 Å². The highest BCUT2D eigenvalue weighted by atomic mass is 16.5. The molecule has 0 unspecified atom stereocenters. The van der Waals surface area contributed by atoms with Gasteiger partial charge in [0.05, 0.1) is 13.5 Å². The van der Waals surface area contributed by atoms with Gasteiger partial charge in [-0.25, -0.2) is 4.98 Å². The Morgan fingerprint density at radius 2 is 1.84 bits per heavy atom. The molecule has 6 heteroatoms. The molecule has 0 atom stereocenters. The van der Waals surface area contributed by atoms with Crippen LogP contribution in [0.1, 0.15) is 28.4 Å². The van der Waals surface area contributed by atoms with Gasteiger partial charge in [-0.1, -0.05) is 36.4 Å². The summed E-state index contributed by atoms with van der Waals surface area (Å²) in [6.07, 6.45) is 2.01. The van der Waals surface area contributed by atoms with Crippen LogP contribution < -0.4 is 10.1 Å². The van der Waals surface area contributed by atoms with Crippen molar-refractivity contribution in [1.82, 2.24) is 9.38 Å². The number of imidazole rings is 1. The third-order valence-electron chi connectivity index (χ3n) is 5.11. The Bertz CT molecular complexity index is 1280. The maximum atomic E-state index is 13.0. The lowest BCUT2D eigenvalue weighted by Crippen LogP contribution is -2.17. The van der Waals surface area contributed by atoms with Crippen molar-refractivity contribution in [3.8, 4) is 17.0 Å². The molecule has 4 rings (SSSR count). The van der Waals surface area contributed by atoms with Crippen LogP contribution in [0.3, 0.4) is 0 Å². The molecule has 0 fully saturated rings. The van der Waals surface area contributed by atoms with Gasteiger partial charge in [-0.3, -0.25) is 14.0 Å². The van der Waals surface area contributed by atoms with Gasteiger partial charge in [0.25, 0.3) is 0 Å². The van der Waals surface area contributed by atoms with E-state index in [0.717, 1.165) is 16.8 Å². The number of ether oxygens (including phenoxy) is 1. The lowest BCUT2D eigenvalue weighted by atomic mass is 10.0. The minimum atomic E-state index is -0.223. The summed E-state index contributed by atoms with van der Waals surface area (Å²) >= 11 is 0. The van der Waals surface area contributed by atoms with E-state index in [1.54, 1.807) is 25.3 Å². The molecule has 0 saturated heterocycles. The van der Waals surface area contributed by atoms with Gasteiger partial charge in [-0.2, -0.15) is 0 Å². The number of rotatable bonds is 6. The number of aryl methyl sites for hydroxylation is 1. The van der Waals surface area contributed by atoms with Crippen molar-refractivity contribution in [1.29, 1.82) is 0 Å². The Morgan fingerprint density at radius 3 is 2.55 bits per heavy atom. The third kappa shape index (κ3) is 4.19. The second-order valence-electron chi connectivity index (χ2n) is 7.42. The molecule has 31 heavy (non-hydrogen) atoms. The molecular weight excluding hydrogens is 390 g/mol. The molecule has 0 radical (unpaired) electrons. The highest BCUT2D eigenvalue weighted by molar-refractivity contribution is 5.97. The van der Waals surface area contributed by atoms with E-state index in [2.05, 4.69) is 5.32 Å². The van der Waals surface area contributed by atoms with E-state index in [4.69, 9.17) is 9.72 Å². The molecule has 156 valence electrons. The number of nitrogens with zero attached hydrogens (tertiary/aromatic N) is 2. The van der Waals surface area contributed by atoms with Crippen molar-refractivity contribution in [3.05, 3.63) is 83.6 Å². The van der Waals surface area contributed by atoms with Gasteiger partial charge in [-0.05, 0) is 43.7 Å². The molecule has 2 aromatic heterocycles. The summed E-state index contributed by atoms with van der Waals surface area (Å²) in [4.78, 5) is 29.5. The Morgan fingerprint density at radius 1 is 1.06 bits per heavy atom. The number of fused-ring (bicyclic) bond motifs is 1. The van der Waals surface area contributed by atoms with Gasteiger partial charge in [0.1, 0.15) is 22.9 Å². The van der Waals surface area contributed by atoms with Crippen molar-refractivity contribution < 1.29 is 14.3 Å². The predicted octanol–water partition coefficient (Wildman–Crippen LogP) is 4.70. The summed E-state index contributed by atoms with van der Waals surface area (Å²) in [7, 11) is 1.55. The first-order valence-corrected chi connectivity index (χ1v) is 9.98. The van der Waals surface area contributed by atoms with Crippen molar-refractivity contribution in [3.63, 3.8) is 0 Å². The largest absolute Gasteiger partial charge is 0.496 e. The van der Waals surface area contributed by atoms with Crippen LogP contribution >= 0.6 is 0 Å². The molecule has 2 heterocycles. The Hall–Kier alpha value is -3.93. The molecule has 0 bridgehead atoms. The fourth-order valence-electron chi connectivity index (χ4n) is 3.55. The third-order valence-corrected chi connectivity index (χ3v) is 5.11. The Kier molecular flexibility index (Phi) is 5.54. The van der Waals surface area contributed by atoms with E-state index in [1.165, 1.54) is 6.92 Å². The van der Waals surface area contributed by atoms with E-state index in [0.29, 0.717) is 28.4 Å². The smallest absolute Gasteiger partial charge is 0.230 e. The second kappa shape index (κ2) is 8.44. The summed E-state index contributed by atoms with van der Waals surface area (Å²) < 4.78 is 7.27. The summed E-state index contributed by atoms with van der Waals surface area (Å²) in [6.45, 7) is 3.49. The zero-order valence-corrected chi connectivity index (χ0v) is 17.7. The Labute approximate surface area is 180 Å². The summed E-state index contributed by atoms with van der Waals surface area (Å²) in [5, 5.41) is 3.03. The van der Waals surface area contributed by atoms with Gasteiger partial charge in [0, 0.05) is 22.9 Å². The van der Waals surface area contributed by atoms with Crippen LogP contribution in [0.25, 0.3) is 16.9 Å². The second-order valence-corrected chi connectivity index (χ2v) is 7.42. The number of nitrogens with one attached hydrogen (secondary N) is 1. The first kappa shape index (κ1) is 20.3. The summed E-state index contributed by atoms with van der Waals surface area (Å²) in [5.41, 5.74) is 4.60. The monoisotopic (exact) mass is 413 g/mol. The molecular formula is C25H23N3O3. The maximum absolute atomic E-state index is 13.0. The first-order chi connectivity index (χ1) is 15.0. The Balaban J connectivity index is 1.72. The number of hydrogen-bond donors (Lipinski definition) is 1. The molecule has 0 spiro atoms. The van der Waals surface area contributed by atoms with E-state index in [9.17, 15) is 9.59 Å². The van der Waals surface area contributed by atoms with E-state index in [1.807, 2.05) is 60.0 Å². The fourth-order valence-corrected chi connectivity index (χ4v) is 3.55. The van der Waals surface area contributed by atoms with E-state index in [-0.39, 0.29) is 18.1 Å². The molecule has 1 N–H and O–H groups in total. The predicted molar refractivity (Wildman–Crippen MR) is 121 cm³/mol. The fraction of sp³-hybridized carbons (Fsp3) is 0.160. The molecule has 6 nitrogen and oxygen atoms in total. The average molecular weight is 413 g/mol. The number of methoxy groups -OCH3 is 1. The van der Waals surface area contributed by atoms with Crippen molar-refractivity contribution in [2.75, 3.05) is 12.4 Å². The number of benzene rings is 2. The van der Waals surface area contributed by atoms with Gasteiger partial charge in [0.2, 0.25) is 5.91 Å². The van der Waals surface area contributed by atoms with Crippen LogP contribution in [-0.2, 0) is 11.2 Å². The number of aromatic nitrogens is 2. The summed E-state index contributed by atoms with van der Waals surface area (Å²) in [5.74, 6) is 0.890. The molecule has 0 aliphatic heterocycles. The minimum Gasteiger partial charge on any atom is -0.496 e. The molecule has 0 saturated carbocycles. The number of hydrogen-bond acceptors (Lipinski definition) is 4. The van der Waals surface area contributed by atoms with Crippen LogP contribution in [-0.4, -0.2) is 28.2 Å². The average Bonchev–Trinajstić information content (AvgIpc) is 3.11. The van der Waals surface area contributed by atoms with Gasteiger partial charge < -0.3 is 10.1 Å². The summed E-state index contributed by atoms with van der Waals surface area (Å²) in [6, 6.07) is 18.8. The van der Waals surface area contributed by atoms with Crippen molar-refractivity contribution in [2.24, 2.45) is 0 Å². The quantitative estimate of drug-likeness (QED) is 0.465. The highest BCUT2D eigenvalue weighted by Gasteiger charge is 2.18. The molecule has 0 aliphatic rings. The molecule has 2 aromatic carbocycles. The van der Waals surface area contributed by atoms with Crippen LogP contribution in [0.2, 0.25) is 0 Å². The normalized spacial score (nSPS) is 10.8. The zero-order chi connectivity index (χ0) is 22.0. The van der Waals surface area contributed by atoms with Crippen LogP contribution in [0.15, 0.2) is 66.9 Å². The zero-order valence-electron chi connectivity index (χ0n) is 17.7. The number of Topliss-reactive ketones (excluding diaryl/α,β-unsaturated/α-hetero) is 1. The molecule has 1 amide bonds. The number of amides is 1. The lowest BCUT2D eigenvalue weighted by molar-refractivity contribution is -0.115. The van der Waals surface area contributed by atoms with Crippen LogP contribution in [0.4, 0.5) is 5.82 Å². The van der Waals surface area contributed by atoms with Crippen molar-refractivity contribution in [2.45, 2.75) is 20.3 Å². The highest BCUT2D eigenvalue weighted by Crippen LogP contribution is 2.29. The number of anilines is 1. The minimum absolute atomic E-state index is 0.0621. The van der Waals surface area contributed by atoms with Crippen LogP contribution in [0.5, 0.6) is 5.75 Å². The standard InChI is InChI=1S/C25H23N3O3/c1-16-9-12-22-26-24(18-7-5-4-6-8-18)25(28(22)15-16)27-23(30)14-20-13-19(17(2)29)10-11-21(20)31-3/h4-13,15H,14H2,1-3H3,(H,27,30). The maximum Gasteiger partial charge on any atom is 0.230 e. The van der Waals surface area contributed by atoms with E-state index < -0.39 is 0 Å². The number of ketones is 1. The van der Waals surface area contributed by atoms with E-state index >= 15 is 0 Å². The number of pyridine rings is 1. The molecule has 4 aromatic rings. The lowest BCUT2D eigenvalue weighted by Gasteiger charge is -2.11. The van der Waals surface area contributed by atoms with Gasteiger partial charge in [0.15, 0.2) is 5.78 Å². The van der Waals surface area contributed by atoms with Gasteiger partial charge >= 0.3 is 0 Å². The number of carbonyl (C=O) groups is 2. The molecule has 0 aliphatic carbocycles. The van der Waals surface area contributed by atoms with Gasteiger partial charge in [-0.15, -0.1) is 0 Å².